The Balaban J connectivity index is 2.20. The van der Waals surface area contributed by atoms with E-state index in [0.29, 0.717) is 5.92 Å². The fourth-order valence-electron chi connectivity index (χ4n) is 3.04. The van der Waals surface area contributed by atoms with Crippen LogP contribution in [0.25, 0.3) is 0 Å². The van der Waals surface area contributed by atoms with Crippen molar-refractivity contribution in [3.8, 4) is 0 Å². The van der Waals surface area contributed by atoms with E-state index in [1.807, 2.05) is 6.08 Å². The Bertz CT molecular complexity index is 348. The van der Waals surface area contributed by atoms with E-state index in [1.54, 1.807) is 5.57 Å². The van der Waals surface area contributed by atoms with Crippen LogP contribution in [0.2, 0.25) is 0 Å². The van der Waals surface area contributed by atoms with E-state index < -0.39 is 0 Å². The van der Waals surface area contributed by atoms with Gasteiger partial charge in [0.1, 0.15) is 0 Å². The van der Waals surface area contributed by atoms with E-state index in [9.17, 15) is 0 Å². The molecule has 0 spiro atoms. The second-order valence-electron chi connectivity index (χ2n) is 5.08. The molecule has 0 heteroatoms. The van der Waals surface area contributed by atoms with Gasteiger partial charge in [0.2, 0.25) is 0 Å². The monoisotopic (exact) mass is 214 g/mol. The Morgan fingerprint density at radius 3 is 2.56 bits per heavy atom. The summed E-state index contributed by atoms with van der Waals surface area (Å²) in [6.45, 7) is 10.3. The average Bonchev–Trinajstić information content (AvgIpc) is 2.59. The predicted molar refractivity (Wildman–Crippen MR) is 71.2 cm³/mol. The van der Waals surface area contributed by atoms with Crippen molar-refractivity contribution >= 4 is 0 Å². The highest BCUT2D eigenvalue weighted by Crippen LogP contribution is 2.42. The van der Waals surface area contributed by atoms with Crippen molar-refractivity contribution in [2.75, 3.05) is 0 Å². The van der Waals surface area contributed by atoms with E-state index in [4.69, 9.17) is 0 Å². The Labute approximate surface area is 99.4 Å². The predicted octanol–water partition coefficient (Wildman–Crippen LogP) is 4.81. The standard InChI is InChI=1S/C16H22/c1-4-8-15-11-16(13(3)12(15)2)14-9-6-5-7-10-14/h4,8,11,13-14H,1-2,5-7,9-10H2,3H3/b15-8-. The molecule has 0 N–H and O–H groups in total. The molecule has 0 bridgehead atoms. The molecular weight excluding hydrogens is 192 g/mol. The molecule has 86 valence electrons. The maximum Gasteiger partial charge on any atom is 0.00259 e. The van der Waals surface area contributed by atoms with Gasteiger partial charge in [0.05, 0.1) is 0 Å². The molecule has 0 aromatic heterocycles. The highest BCUT2D eigenvalue weighted by Gasteiger charge is 2.28. The minimum Gasteiger partial charge on any atom is -0.0990 e. The Kier molecular flexibility index (Phi) is 3.48. The van der Waals surface area contributed by atoms with Crippen LogP contribution in [0.4, 0.5) is 0 Å². The maximum absolute atomic E-state index is 4.21. The van der Waals surface area contributed by atoms with Crippen molar-refractivity contribution in [3.05, 3.63) is 48.1 Å². The molecule has 0 nitrogen and oxygen atoms in total. The molecule has 16 heavy (non-hydrogen) atoms. The molecule has 1 saturated carbocycles. The average molecular weight is 214 g/mol. The third-order valence-electron chi connectivity index (χ3n) is 4.09. The molecule has 2 aliphatic carbocycles. The SMILES string of the molecule is C=C/C=C1/C=C(C2CCCCC2)C(C)C1=C. The summed E-state index contributed by atoms with van der Waals surface area (Å²) in [6.07, 6.45) is 13.3. The summed E-state index contributed by atoms with van der Waals surface area (Å²) >= 11 is 0. The first-order valence-electron chi connectivity index (χ1n) is 6.47. The second-order valence-corrected chi connectivity index (χ2v) is 5.08. The van der Waals surface area contributed by atoms with Gasteiger partial charge in [0, 0.05) is 5.92 Å². The number of hydrogen-bond acceptors (Lipinski definition) is 0. The van der Waals surface area contributed by atoms with Gasteiger partial charge in [-0.25, -0.2) is 0 Å². The second kappa shape index (κ2) is 4.86. The lowest BCUT2D eigenvalue weighted by Gasteiger charge is -2.25. The van der Waals surface area contributed by atoms with Crippen LogP contribution in [-0.4, -0.2) is 0 Å². The van der Waals surface area contributed by atoms with Gasteiger partial charge in [-0.3, -0.25) is 0 Å². The lowest BCUT2D eigenvalue weighted by atomic mass is 9.80. The van der Waals surface area contributed by atoms with Crippen LogP contribution in [0.5, 0.6) is 0 Å². The summed E-state index contributed by atoms with van der Waals surface area (Å²) in [5.41, 5.74) is 4.20. The lowest BCUT2D eigenvalue weighted by Crippen LogP contribution is -2.12. The third kappa shape index (κ3) is 2.07. The number of allylic oxidation sites excluding steroid dienone is 6. The maximum atomic E-state index is 4.21. The van der Waals surface area contributed by atoms with Crippen LogP contribution >= 0.6 is 0 Å². The van der Waals surface area contributed by atoms with E-state index in [0.717, 1.165) is 5.92 Å². The zero-order chi connectivity index (χ0) is 11.5. The van der Waals surface area contributed by atoms with Crippen LogP contribution in [0.1, 0.15) is 39.0 Å². The normalized spacial score (nSPS) is 29.6. The minimum absolute atomic E-state index is 0.550. The molecule has 2 aliphatic rings. The number of rotatable bonds is 2. The summed E-state index contributed by atoms with van der Waals surface area (Å²) in [4.78, 5) is 0. The van der Waals surface area contributed by atoms with Gasteiger partial charge in [-0.15, -0.1) is 0 Å². The first kappa shape index (κ1) is 11.4. The van der Waals surface area contributed by atoms with Crippen molar-refractivity contribution in [3.63, 3.8) is 0 Å². The van der Waals surface area contributed by atoms with Gasteiger partial charge >= 0.3 is 0 Å². The molecule has 1 unspecified atom stereocenters. The summed E-state index contributed by atoms with van der Waals surface area (Å²) in [6, 6.07) is 0. The van der Waals surface area contributed by atoms with Gasteiger partial charge in [-0.2, -0.15) is 0 Å². The molecule has 1 atom stereocenters. The van der Waals surface area contributed by atoms with E-state index in [2.05, 4.69) is 32.2 Å². The third-order valence-corrected chi connectivity index (χ3v) is 4.09. The highest BCUT2D eigenvalue weighted by atomic mass is 14.3. The first-order valence-corrected chi connectivity index (χ1v) is 6.47. The zero-order valence-corrected chi connectivity index (χ0v) is 10.3. The summed E-state index contributed by atoms with van der Waals surface area (Å²) in [7, 11) is 0. The quantitative estimate of drug-likeness (QED) is 0.618. The van der Waals surface area contributed by atoms with E-state index in [-0.39, 0.29) is 0 Å². The molecule has 0 heterocycles. The van der Waals surface area contributed by atoms with Gasteiger partial charge in [0.15, 0.2) is 0 Å². The van der Waals surface area contributed by atoms with Crippen LogP contribution in [0.15, 0.2) is 48.1 Å². The van der Waals surface area contributed by atoms with Crippen LogP contribution in [-0.2, 0) is 0 Å². The molecular formula is C16H22. The Morgan fingerprint density at radius 1 is 1.25 bits per heavy atom. The molecule has 0 radical (unpaired) electrons. The van der Waals surface area contributed by atoms with Gasteiger partial charge in [0.25, 0.3) is 0 Å². The highest BCUT2D eigenvalue weighted by molar-refractivity contribution is 5.52. The van der Waals surface area contributed by atoms with Crippen LogP contribution in [0.3, 0.4) is 0 Å². The van der Waals surface area contributed by atoms with Gasteiger partial charge in [-0.05, 0) is 29.9 Å². The van der Waals surface area contributed by atoms with Crippen molar-refractivity contribution in [2.45, 2.75) is 39.0 Å². The van der Waals surface area contributed by atoms with Crippen molar-refractivity contribution in [1.82, 2.24) is 0 Å². The summed E-state index contributed by atoms with van der Waals surface area (Å²) in [5.74, 6) is 1.37. The molecule has 2 rings (SSSR count). The van der Waals surface area contributed by atoms with Crippen LogP contribution < -0.4 is 0 Å². The van der Waals surface area contributed by atoms with Crippen molar-refractivity contribution in [2.24, 2.45) is 11.8 Å². The van der Waals surface area contributed by atoms with E-state index in [1.165, 1.54) is 43.3 Å². The van der Waals surface area contributed by atoms with Crippen LogP contribution in [0, 0.1) is 11.8 Å². The number of hydrogen-bond donors (Lipinski definition) is 0. The van der Waals surface area contributed by atoms with Crippen molar-refractivity contribution < 1.29 is 0 Å². The molecule has 1 fully saturated rings. The Hall–Kier alpha value is -1.04. The topological polar surface area (TPSA) is 0 Å². The van der Waals surface area contributed by atoms with E-state index >= 15 is 0 Å². The van der Waals surface area contributed by atoms with Gasteiger partial charge < -0.3 is 0 Å². The lowest BCUT2D eigenvalue weighted by molar-refractivity contribution is 0.387. The first-order chi connectivity index (χ1) is 7.74. The molecule has 0 amide bonds. The largest absolute Gasteiger partial charge is 0.0990 e. The molecule has 0 aromatic rings. The van der Waals surface area contributed by atoms with Gasteiger partial charge in [-0.1, -0.05) is 63.1 Å². The molecule has 0 saturated heterocycles. The molecule has 0 aliphatic heterocycles. The smallest absolute Gasteiger partial charge is 0.00259 e. The minimum atomic E-state index is 0.550. The zero-order valence-electron chi connectivity index (χ0n) is 10.3. The summed E-state index contributed by atoms with van der Waals surface area (Å²) < 4.78 is 0. The fourth-order valence-corrected chi connectivity index (χ4v) is 3.04. The fraction of sp³-hybridized carbons (Fsp3) is 0.500. The van der Waals surface area contributed by atoms with Crippen molar-refractivity contribution in [1.29, 1.82) is 0 Å². The molecule has 0 aromatic carbocycles. The Morgan fingerprint density at radius 2 is 1.94 bits per heavy atom. The summed E-state index contributed by atoms with van der Waals surface area (Å²) in [5, 5.41) is 0.